The van der Waals surface area contributed by atoms with Crippen LogP contribution in [0, 0.1) is 17.2 Å². The molecule has 0 saturated heterocycles. The van der Waals surface area contributed by atoms with Crippen molar-refractivity contribution in [3.05, 3.63) is 82.7 Å². The van der Waals surface area contributed by atoms with Gasteiger partial charge in [0, 0.05) is 18.1 Å². The number of aliphatic carboxylic acids is 1. The van der Waals surface area contributed by atoms with Crippen LogP contribution >= 0.6 is 0 Å². The van der Waals surface area contributed by atoms with E-state index in [4.69, 9.17) is 14.2 Å². The Labute approximate surface area is 229 Å². The second kappa shape index (κ2) is 10.3. The first-order valence-electron chi connectivity index (χ1n) is 13.6. The van der Waals surface area contributed by atoms with Gasteiger partial charge in [-0.15, -0.1) is 0 Å². The van der Waals surface area contributed by atoms with E-state index in [9.17, 15) is 9.90 Å². The molecule has 1 spiro atoms. The number of rotatable bonds is 8. The molecule has 0 amide bonds. The van der Waals surface area contributed by atoms with E-state index in [0.717, 1.165) is 47.3 Å². The van der Waals surface area contributed by atoms with Crippen molar-refractivity contribution in [1.82, 2.24) is 0 Å². The van der Waals surface area contributed by atoms with Crippen molar-refractivity contribution >= 4 is 5.97 Å². The number of fused-ring (bicyclic) bond motifs is 2. The van der Waals surface area contributed by atoms with Crippen LogP contribution in [-0.2, 0) is 28.0 Å². The van der Waals surface area contributed by atoms with Crippen LogP contribution in [0.15, 0.2) is 54.6 Å². The van der Waals surface area contributed by atoms with Crippen LogP contribution in [0.25, 0.3) is 11.1 Å². The molecular weight excluding hydrogens is 495 g/mol. The molecule has 0 heterocycles. The van der Waals surface area contributed by atoms with Gasteiger partial charge in [0.1, 0.15) is 12.4 Å². The van der Waals surface area contributed by atoms with Crippen molar-refractivity contribution in [1.29, 1.82) is 0 Å². The monoisotopic (exact) mass is 532 g/mol. The van der Waals surface area contributed by atoms with Gasteiger partial charge in [-0.2, -0.15) is 0 Å². The minimum atomic E-state index is -0.708. The van der Waals surface area contributed by atoms with E-state index in [0.29, 0.717) is 18.6 Å². The minimum absolute atomic E-state index is 0.196. The van der Waals surface area contributed by atoms with E-state index in [1.807, 2.05) is 30.3 Å². The maximum Gasteiger partial charge on any atom is 0.307 e. The van der Waals surface area contributed by atoms with Gasteiger partial charge >= 0.3 is 5.97 Å². The smallest absolute Gasteiger partial charge is 0.307 e. The molecule has 6 heteroatoms. The maximum absolute atomic E-state index is 15.3. The van der Waals surface area contributed by atoms with Gasteiger partial charge in [0.2, 0.25) is 0 Å². The van der Waals surface area contributed by atoms with Gasteiger partial charge in [0.25, 0.3) is 0 Å². The summed E-state index contributed by atoms with van der Waals surface area (Å²) in [5.41, 5.74) is 4.91. The molecule has 0 bridgehead atoms. The quantitative estimate of drug-likeness (QED) is 0.326. The molecule has 0 radical (unpaired) electrons. The average molecular weight is 533 g/mol. The van der Waals surface area contributed by atoms with Crippen molar-refractivity contribution in [2.24, 2.45) is 11.3 Å². The third-order valence-corrected chi connectivity index (χ3v) is 8.36. The minimum Gasteiger partial charge on any atom is -0.494 e. The molecule has 2 aliphatic rings. The maximum atomic E-state index is 15.3. The number of methoxy groups -OCH3 is 2. The van der Waals surface area contributed by atoms with Crippen molar-refractivity contribution < 1.29 is 28.5 Å². The van der Waals surface area contributed by atoms with Gasteiger partial charge in [-0.05, 0) is 83.2 Å². The lowest BCUT2D eigenvalue weighted by Crippen LogP contribution is -2.21. The number of hydrogen-bond acceptors (Lipinski definition) is 4. The number of hydrogen-bond donors (Lipinski definition) is 1. The number of carboxylic acids is 1. The zero-order chi connectivity index (χ0) is 27.9. The Morgan fingerprint density at radius 2 is 1.90 bits per heavy atom. The Balaban J connectivity index is 1.46. The molecule has 0 unspecified atom stereocenters. The largest absolute Gasteiger partial charge is 0.494 e. The lowest BCUT2D eigenvalue weighted by atomic mass is 9.78. The number of ether oxygens (including phenoxy) is 3. The first kappa shape index (κ1) is 27.2. The number of halogens is 1. The van der Waals surface area contributed by atoms with E-state index < -0.39 is 11.8 Å². The van der Waals surface area contributed by atoms with Gasteiger partial charge in [-0.1, -0.05) is 51.1 Å². The Morgan fingerprint density at radius 1 is 1.10 bits per heavy atom. The summed E-state index contributed by atoms with van der Waals surface area (Å²) in [5, 5.41) is 9.65. The summed E-state index contributed by atoms with van der Waals surface area (Å²) in [7, 11) is 3.14. The number of aryl methyl sites for hydroxylation is 1. The summed E-state index contributed by atoms with van der Waals surface area (Å²) in [5.74, 6) is -0.490. The van der Waals surface area contributed by atoms with Crippen molar-refractivity contribution in [3.63, 3.8) is 0 Å². The van der Waals surface area contributed by atoms with Crippen molar-refractivity contribution in [2.45, 2.75) is 64.6 Å². The van der Waals surface area contributed by atoms with Crippen LogP contribution in [-0.4, -0.2) is 25.3 Å². The Bertz CT molecular complexity index is 1390. The molecule has 1 saturated carbocycles. The molecule has 3 atom stereocenters. The third kappa shape index (κ3) is 5.03. The topological polar surface area (TPSA) is 65.0 Å². The fraction of sp³-hybridized carbons (Fsp3) is 0.424. The molecule has 1 N–H and O–H groups in total. The molecule has 1 fully saturated rings. The summed E-state index contributed by atoms with van der Waals surface area (Å²) >= 11 is 0. The first-order valence-corrected chi connectivity index (χ1v) is 13.6. The first-order chi connectivity index (χ1) is 18.6. The van der Waals surface area contributed by atoms with Crippen LogP contribution in [0.5, 0.6) is 11.5 Å². The molecule has 0 aromatic heterocycles. The van der Waals surface area contributed by atoms with Crippen LogP contribution in [0.2, 0.25) is 0 Å². The second-order valence-corrected chi connectivity index (χ2v) is 11.9. The van der Waals surface area contributed by atoms with Crippen molar-refractivity contribution in [2.75, 3.05) is 14.2 Å². The highest BCUT2D eigenvalue weighted by atomic mass is 19.1. The predicted molar refractivity (Wildman–Crippen MR) is 149 cm³/mol. The standard InChI is InChI=1S/C33H37FO5/c1-32(2,3)30(38-5)25-16-20(11-14-23(25)24-9-6-10-28(37-4)29(24)34)19-39-22-13-12-21-8-7-15-33(26(21)17-22)18-27(33)31(35)36/h6,9-14,16-17,27,30H,7-8,15,18-19H2,1-5H3,(H,35,36)/t27-,30+,33-/m1/s1. The summed E-state index contributed by atoms with van der Waals surface area (Å²) in [6, 6.07) is 17.2. The SMILES string of the molecule is COc1cccc(-c2ccc(COc3ccc4c(c3)[C@@]3(CCC4)C[C@@H]3C(=O)O)cc2[C@H](OC)C(C)(C)C)c1F. The highest BCUT2D eigenvalue weighted by Crippen LogP contribution is 2.60. The zero-order valence-corrected chi connectivity index (χ0v) is 23.3. The molecule has 39 heavy (non-hydrogen) atoms. The van der Waals surface area contributed by atoms with Gasteiger partial charge in [0.15, 0.2) is 11.6 Å². The van der Waals surface area contributed by atoms with Gasteiger partial charge in [0.05, 0.1) is 19.1 Å². The molecule has 0 aliphatic heterocycles. The summed E-state index contributed by atoms with van der Waals surface area (Å²) in [6.45, 7) is 6.62. The van der Waals surface area contributed by atoms with E-state index in [1.165, 1.54) is 12.7 Å². The summed E-state index contributed by atoms with van der Waals surface area (Å²) < 4.78 is 32.8. The molecule has 2 aliphatic carbocycles. The molecule has 206 valence electrons. The number of carboxylic acid groups (broad SMARTS) is 1. The average Bonchev–Trinajstić information content (AvgIpc) is 3.63. The number of carbonyl (C=O) groups is 1. The van der Waals surface area contributed by atoms with Gasteiger partial charge < -0.3 is 19.3 Å². The molecule has 5 nitrogen and oxygen atoms in total. The fourth-order valence-electron chi connectivity index (χ4n) is 6.41. The third-order valence-electron chi connectivity index (χ3n) is 8.36. The Kier molecular flexibility index (Phi) is 7.19. The van der Waals surface area contributed by atoms with Gasteiger partial charge in [-0.25, -0.2) is 4.39 Å². The Morgan fingerprint density at radius 3 is 2.56 bits per heavy atom. The van der Waals surface area contributed by atoms with E-state index >= 15 is 4.39 Å². The molecular formula is C33H37FO5. The molecule has 3 aromatic carbocycles. The second-order valence-electron chi connectivity index (χ2n) is 11.9. The van der Waals surface area contributed by atoms with Gasteiger partial charge in [-0.3, -0.25) is 4.79 Å². The highest BCUT2D eigenvalue weighted by Gasteiger charge is 2.60. The summed E-state index contributed by atoms with van der Waals surface area (Å²) in [6.07, 6.45) is 3.33. The van der Waals surface area contributed by atoms with Crippen LogP contribution in [0.3, 0.4) is 0 Å². The lowest BCUT2D eigenvalue weighted by molar-refractivity contribution is -0.139. The fourth-order valence-corrected chi connectivity index (χ4v) is 6.41. The zero-order valence-electron chi connectivity index (χ0n) is 23.3. The lowest BCUT2D eigenvalue weighted by Gasteiger charge is -2.32. The van der Waals surface area contributed by atoms with Crippen LogP contribution < -0.4 is 9.47 Å². The van der Waals surface area contributed by atoms with E-state index in [1.54, 1.807) is 25.3 Å². The molecule has 5 rings (SSSR count). The van der Waals surface area contributed by atoms with E-state index in [2.05, 4.69) is 26.8 Å². The van der Waals surface area contributed by atoms with E-state index in [-0.39, 0.29) is 28.6 Å². The van der Waals surface area contributed by atoms with Crippen molar-refractivity contribution in [3.8, 4) is 22.6 Å². The van der Waals surface area contributed by atoms with Crippen LogP contribution in [0.4, 0.5) is 4.39 Å². The molecule has 3 aromatic rings. The van der Waals surface area contributed by atoms with Crippen LogP contribution in [0.1, 0.15) is 68.4 Å². The Hall–Kier alpha value is -3.38. The predicted octanol–water partition coefficient (Wildman–Crippen LogP) is 7.49. The number of benzene rings is 3. The summed E-state index contributed by atoms with van der Waals surface area (Å²) in [4.78, 5) is 11.7. The normalized spacial score (nSPS) is 20.8. The highest BCUT2D eigenvalue weighted by molar-refractivity contribution is 5.78.